The lowest BCUT2D eigenvalue weighted by Gasteiger charge is -2.25. The van der Waals surface area contributed by atoms with Crippen LogP contribution in [0.1, 0.15) is 35.6 Å². The maximum atomic E-state index is 12.6. The second-order valence-electron chi connectivity index (χ2n) is 6.07. The lowest BCUT2D eigenvalue weighted by molar-refractivity contribution is 0.207. The molecule has 2 aromatic rings. The van der Waals surface area contributed by atoms with E-state index < -0.39 is 0 Å². The Morgan fingerprint density at radius 3 is 2.55 bits per heavy atom. The average molecular weight is 294 g/mol. The van der Waals surface area contributed by atoms with E-state index in [9.17, 15) is 4.79 Å². The van der Waals surface area contributed by atoms with E-state index >= 15 is 0 Å². The lowest BCUT2D eigenvalue weighted by Crippen LogP contribution is -2.34. The minimum atomic E-state index is -0.00499. The Hall–Kier alpha value is -2.29. The summed E-state index contributed by atoms with van der Waals surface area (Å²) in [5.74, 6) is 0. The first-order chi connectivity index (χ1) is 10.6. The monoisotopic (exact) mass is 294 g/mol. The van der Waals surface area contributed by atoms with Crippen LogP contribution in [0.4, 0.5) is 10.5 Å². The number of likely N-dealkylation sites (tertiary alicyclic amines) is 1. The molecule has 2 amide bonds. The number of urea groups is 1. The molecule has 0 spiro atoms. The maximum Gasteiger partial charge on any atom is 0.322 e. The van der Waals surface area contributed by atoms with Gasteiger partial charge in [-0.1, -0.05) is 42.0 Å². The number of nitrogens with one attached hydrogen (secondary N) is 1. The zero-order valence-electron chi connectivity index (χ0n) is 13.2. The van der Waals surface area contributed by atoms with Gasteiger partial charge in [-0.05, 0) is 49.9 Å². The number of carbonyl (C=O) groups is 1. The van der Waals surface area contributed by atoms with Crippen LogP contribution in [0, 0.1) is 13.8 Å². The molecular formula is C19H22N2O. The van der Waals surface area contributed by atoms with Crippen LogP contribution in [0.15, 0.2) is 48.5 Å². The molecule has 1 atom stereocenters. The van der Waals surface area contributed by atoms with Gasteiger partial charge in [-0.2, -0.15) is 0 Å². The number of carbonyl (C=O) groups excluding carboxylic acids is 1. The van der Waals surface area contributed by atoms with Crippen LogP contribution >= 0.6 is 0 Å². The highest BCUT2D eigenvalue weighted by molar-refractivity contribution is 5.89. The third-order valence-electron chi connectivity index (χ3n) is 4.21. The van der Waals surface area contributed by atoms with E-state index in [2.05, 4.69) is 36.5 Å². The molecule has 1 heterocycles. The molecule has 3 rings (SSSR count). The van der Waals surface area contributed by atoms with Crippen LogP contribution in [-0.2, 0) is 0 Å². The summed E-state index contributed by atoms with van der Waals surface area (Å²) in [7, 11) is 0. The van der Waals surface area contributed by atoms with E-state index in [1.54, 1.807) is 0 Å². The van der Waals surface area contributed by atoms with E-state index in [1.807, 2.05) is 36.1 Å². The van der Waals surface area contributed by atoms with Gasteiger partial charge in [-0.25, -0.2) is 4.79 Å². The number of aryl methyl sites for hydroxylation is 2. The molecule has 0 aromatic heterocycles. The van der Waals surface area contributed by atoms with Crippen molar-refractivity contribution in [3.05, 3.63) is 65.2 Å². The molecule has 22 heavy (non-hydrogen) atoms. The average Bonchev–Trinajstić information content (AvgIpc) is 2.97. The van der Waals surface area contributed by atoms with Crippen molar-refractivity contribution in [1.29, 1.82) is 0 Å². The molecule has 3 nitrogen and oxygen atoms in total. The van der Waals surface area contributed by atoms with Crippen molar-refractivity contribution < 1.29 is 4.79 Å². The van der Waals surface area contributed by atoms with Gasteiger partial charge in [0.2, 0.25) is 0 Å². The van der Waals surface area contributed by atoms with Crippen molar-refractivity contribution in [2.45, 2.75) is 32.7 Å². The van der Waals surface area contributed by atoms with Gasteiger partial charge in [0.05, 0.1) is 6.04 Å². The molecule has 2 aromatic carbocycles. The molecule has 1 aliphatic heterocycles. The van der Waals surface area contributed by atoms with Crippen LogP contribution in [0.2, 0.25) is 0 Å². The third kappa shape index (κ3) is 3.14. The van der Waals surface area contributed by atoms with E-state index in [4.69, 9.17) is 0 Å². The number of hydrogen-bond acceptors (Lipinski definition) is 1. The molecule has 1 aliphatic rings. The van der Waals surface area contributed by atoms with Crippen molar-refractivity contribution in [2.75, 3.05) is 11.9 Å². The van der Waals surface area contributed by atoms with Crippen molar-refractivity contribution in [3.63, 3.8) is 0 Å². The lowest BCUT2D eigenvalue weighted by atomic mass is 10.0. The van der Waals surface area contributed by atoms with Crippen molar-refractivity contribution in [1.82, 2.24) is 4.90 Å². The first-order valence-electron chi connectivity index (χ1n) is 7.84. The Morgan fingerprint density at radius 1 is 1.09 bits per heavy atom. The molecule has 1 fully saturated rings. The smallest absolute Gasteiger partial charge is 0.317 e. The summed E-state index contributed by atoms with van der Waals surface area (Å²) < 4.78 is 0. The number of hydrogen-bond donors (Lipinski definition) is 1. The highest BCUT2D eigenvalue weighted by Crippen LogP contribution is 2.32. The van der Waals surface area contributed by atoms with Crippen LogP contribution < -0.4 is 5.32 Å². The van der Waals surface area contributed by atoms with E-state index in [-0.39, 0.29) is 12.1 Å². The van der Waals surface area contributed by atoms with Crippen LogP contribution in [0.25, 0.3) is 0 Å². The van der Waals surface area contributed by atoms with Crippen LogP contribution in [0.5, 0.6) is 0 Å². The second-order valence-corrected chi connectivity index (χ2v) is 6.07. The molecule has 0 bridgehead atoms. The fraction of sp³-hybridized carbons (Fsp3) is 0.316. The Balaban J connectivity index is 1.76. The fourth-order valence-electron chi connectivity index (χ4n) is 3.15. The fourth-order valence-corrected chi connectivity index (χ4v) is 3.15. The quantitative estimate of drug-likeness (QED) is 0.857. The SMILES string of the molecule is Cc1cccc(NC(=O)N2CCC[C@@H]2c2cccc(C)c2)c1. The van der Waals surface area contributed by atoms with Gasteiger partial charge in [-0.3, -0.25) is 0 Å². The molecule has 1 N–H and O–H groups in total. The highest BCUT2D eigenvalue weighted by atomic mass is 16.2. The van der Waals surface area contributed by atoms with Gasteiger partial charge in [0.15, 0.2) is 0 Å². The van der Waals surface area contributed by atoms with Gasteiger partial charge in [-0.15, -0.1) is 0 Å². The molecule has 1 saturated heterocycles. The predicted octanol–water partition coefficient (Wildman–Crippen LogP) is 4.67. The normalized spacial score (nSPS) is 17.5. The zero-order chi connectivity index (χ0) is 15.5. The third-order valence-corrected chi connectivity index (χ3v) is 4.21. The number of amides is 2. The molecule has 0 saturated carbocycles. The Bertz CT molecular complexity index is 681. The summed E-state index contributed by atoms with van der Waals surface area (Å²) >= 11 is 0. The molecule has 0 radical (unpaired) electrons. The Morgan fingerprint density at radius 2 is 1.82 bits per heavy atom. The number of nitrogens with zero attached hydrogens (tertiary/aromatic N) is 1. The van der Waals surface area contributed by atoms with Gasteiger partial charge in [0, 0.05) is 12.2 Å². The molecule has 3 heteroatoms. The summed E-state index contributed by atoms with van der Waals surface area (Å²) in [6.07, 6.45) is 2.09. The van der Waals surface area contributed by atoms with Crippen LogP contribution in [0.3, 0.4) is 0 Å². The van der Waals surface area contributed by atoms with E-state index in [0.717, 1.165) is 30.6 Å². The molecular weight excluding hydrogens is 272 g/mol. The van der Waals surface area contributed by atoms with Crippen LogP contribution in [-0.4, -0.2) is 17.5 Å². The van der Waals surface area contributed by atoms with Crippen molar-refractivity contribution in [2.24, 2.45) is 0 Å². The largest absolute Gasteiger partial charge is 0.322 e. The maximum absolute atomic E-state index is 12.6. The summed E-state index contributed by atoms with van der Waals surface area (Å²) in [6.45, 7) is 4.94. The summed E-state index contributed by atoms with van der Waals surface area (Å²) in [5, 5.41) is 3.03. The summed E-state index contributed by atoms with van der Waals surface area (Å²) in [6, 6.07) is 16.6. The van der Waals surface area contributed by atoms with Gasteiger partial charge >= 0.3 is 6.03 Å². The molecule has 0 unspecified atom stereocenters. The van der Waals surface area contributed by atoms with Crippen molar-refractivity contribution >= 4 is 11.7 Å². The number of anilines is 1. The molecule has 114 valence electrons. The summed E-state index contributed by atoms with van der Waals surface area (Å²) in [4.78, 5) is 14.6. The Kier molecular flexibility index (Phi) is 4.14. The van der Waals surface area contributed by atoms with Gasteiger partial charge in [0.25, 0.3) is 0 Å². The number of rotatable bonds is 2. The van der Waals surface area contributed by atoms with E-state index in [1.165, 1.54) is 11.1 Å². The minimum Gasteiger partial charge on any atom is -0.317 e. The van der Waals surface area contributed by atoms with Gasteiger partial charge < -0.3 is 10.2 Å². The minimum absolute atomic E-state index is 0.00499. The standard InChI is InChI=1S/C19H22N2O/c1-14-6-3-8-16(12-14)18-10-5-11-21(18)19(22)20-17-9-4-7-15(2)13-17/h3-4,6-9,12-13,18H,5,10-11H2,1-2H3,(H,20,22)/t18-/m1/s1. The first kappa shape index (κ1) is 14.6. The predicted molar refractivity (Wildman–Crippen MR) is 90.1 cm³/mol. The van der Waals surface area contributed by atoms with Gasteiger partial charge in [0.1, 0.15) is 0 Å². The topological polar surface area (TPSA) is 32.3 Å². The Labute approximate surface area is 132 Å². The van der Waals surface area contributed by atoms with E-state index in [0.29, 0.717) is 0 Å². The second kappa shape index (κ2) is 6.22. The van der Waals surface area contributed by atoms with Crippen molar-refractivity contribution in [3.8, 4) is 0 Å². The highest BCUT2D eigenvalue weighted by Gasteiger charge is 2.29. The first-order valence-corrected chi connectivity index (χ1v) is 7.84. The number of benzene rings is 2. The summed E-state index contributed by atoms with van der Waals surface area (Å²) in [5.41, 5.74) is 4.48. The zero-order valence-corrected chi connectivity index (χ0v) is 13.2. The molecule has 0 aliphatic carbocycles.